The van der Waals surface area contributed by atoms with Crippen LogP contribution in [0.3, 0.4) is 0 Å². The summed E-state index contributed by atoms with van der Waals surface area (Å²) >= 11 is 1.17. The lowest BCUT2D eigenvalue weighted by molar-refractivity contribution is -0.174. The summed E-state index contributed by atoms with van der Waals surface area (Å²) in [6.07, 6.45) is -3.55. The third-order valence-corrected chi connectivity index (χ3v) is 6.82. The van der Waals surface area contributed by atoms with Gasteiger partial charge in [-0.1, -0.05) is 12.1 Å². The van der Waals surface area contributed by atoms with Gasteiger partial charge < -0.3 is 15.3 Å². The van der Waals surface area contributed by atoms with E-state index in [1.807, 2.05) is 5.32 Å². The molecule has 12 heteroatoms. The van der Waals surface area contributed by atoms with Gasteiger partial charge in [-0.15, -0.1) is 11.3 Å². The van der Waals surface area contributed by atoms with E-state index in [0.717, 1.165) is 16.9 Å². The Kier molecular flexibility index (Phi) is 6.28. The van der Waals surface area contributed by atoms with Gasteiger partial charge in [0.1, 0.15) is 0 Å². The molecule has 4 rings (SSSR count). The minimum Gasteiger partial charge on any atom is -0.465 e. The normalized spacial score (nSPS) is 20.3. The van der Waals surface area contributed by atoms with E-state index in [2.05, 4.69) is 10.3 Å². The van der Waals surface area contributed by atoms with Crippen molar-refractivity contribution in [1.82, 2.24) is 15.2 Å². The van der Waals surface area contributed by atoms with E-state index in [1.54, 1.807) is 24.3 Å². The van der Waals surface area contributed by atoms with Crippen molar-refractivity contribution in [3.63, 3.8) is 0 Å². The predicted octanol–water partition coefficient (Wildman–Crippen LogP) is 3.75. The molecule has 0 spiro atoms. The van der Waals surface area contributed by atoms with Crippen molar-refractivity contribution in [1.29, 1.82) is 0 Å². The molecule has 1 aliphatic heterocycles. The summed E-state index contributed by atoms with van der Waals surface area (Å²) in [6.45, 7) is 0.450. The Labute approximate surface area is 190 Å². The van der Waals surface area contributed by atoms with Crippen LogP contribution in [0.25, 0.3) is 0 Å². The highest BCUT2D eigenvalue weighted by molar-refractivity contribution is 7.15. The van der Waals surface area contributed by atoms with Gasteiger partial charge >= 0.3 is 18.2 Å². The first-order valence-corrected chi connectivity index (χ1v) is 11.2. The number of thiazole rings is 1. The number of benzene rings is 1. The molecule has 0 saturated carbocycles. The first kappa shape index (κ1) is 23.0. The lowest BCUT2D eigenvalue weighted by Crippen LogP contribution is -2.45. The number of likely N-dealkylation sites (tertiary alicyclic amines) is 1. The fourth-order valence-electron chi connectivity index (χ4n) is 4.22. The van der Waals surface area contributed by atoms with Crippen LogP contribution in [0.1, 0.15) is 51.8 Å². The SMILES string of the molecule is O=C(Nc1nc2c(s1)C[C@@H](NC(=O)C(F)(F)F)CC2)c1cccc([C@H]2CCCN2C(=O)O)c1. The van der Waals surface area contributed by atoms with Crippen molar-refractivity contribution >= 4 is 34.4 Å². The molecular weight excluding hydrogens is 461 g/mol. The molecule has 2 aromatic rings. The van der Waals surface area contributed by atoms with Crippen molar-refractivity contribution in [3.05, 3.63) is 46.0 Å². The molecule has 1 aromatic heterocycles. The average molecular weight is 482 g/mol. The Balaban J connectivity index is 1.42. The maximum atomic E-state index is 12.8. The lowest BCUT2D eigenvalue weighted by atomic mass is 9.97. The monoisotopic (exact) mass is 482 g/mol. The highest BCUT2D eigenvalue weighted by Gasteiger charge is 2.40. The molecule has 1 aromatic carbocycles. The molecule has 176 valence electrons. The lowest BCUT2D eigenvalue weighted by Gasteiger charge is -2.22. The van der Waals surface area contributed by atoms with Crippen LogP contribution >= 0.6 is 11.3 Å². The Morgan fingerprint density at radius 1 is 1.21 bits per heavy atom. The van der Waals surface area contributed by atoms with Gasteiger partial charge in [0.25, 0.3) is 5.91 Å². The second-order valence-corrected chi connectivity index (χ2v) is 9.10. The van der Waals surface area contributed by atoms with Crippen molar-refractivity contribution in [3.8, 4) is 0 Å². The summed E-state index contributed by atoms with van der Waals surface area (Å²) in [5, 5.41) is 14.4. The molecule has 1 aliphatic carbocycles. The van der Waals surface area contributed by atoms with E-state index in [9.17, 15) is 32.7 Å². The van der Waals surface area contributed by atoms with Gasteiger partial charge in [-0.25, -0.2) is 9.78 Å². The molecule has 2 heterocycles. The van der Waals surface area contributed by atoms with E-state index in [0.29, 0.717) is 42.2 Å². The summed E-state index contributed by atoms with van der Waals surface area (Å²) in [5.41, 5.74) is 1.79. The molecule has 3 N–H and O–H groups in total. The van der Waals surface area contributed by atoms with Gasteiger partial charge in [-0.05, 0) is 43.4 Å². The number of rotatable bonds is 4. The Morgan fingerprint density at radius 2 is 2.00 bits per heavy atom. The molecule has 3 amide bonds. The van der Waals surface area contributed by atoms with Crippen LogP contribution in [-0.2, 0) is 17.6 Å². The number of carbonyl (C=O) groups is 3. The maximum absolute atomic E-state index is 12.8. The van der Waals surface area contributed by atoms with Gasteiger partial charge in [0.2, 0.25) is 0 Å². The van der Waals surface area contributed by atoms with Gasteiger partial charge in [0.15, 0.2) is 5.13 Å². The molecule has 0 radical (unpaired) electrons. The molecule has 2 atom stereocenters. The number of anilines is 1. The number of alkyl halides is 3. The minimum atomic E-state index is -4.93. The number of nitrogens with one attached hydrogen (secondary N) is 2. The predicted molar refractivity (Wildman–Crippen MR) is 113 cm³/mol. The van der Waals surface area contributed by atoms with Crippen molar-refractivity contribution in [2.75, 3.05) is 11.9 Å². The van der Waals surface area contributed by atoms with Crippen LogP contribution in [0.5, 0.6) is 0 Å². The highest BCUT2D eigenvalue weighted by Crippen LogP contribution is 2.33. The minimum absolute atomic E-state index is 0.215. The number of aryl methyl sites for hydroxylation is 1. The fraction of sp³-hybridized carbons (Fsp3) is 0.429. The number of carboxylic acid groups (broad SMARTS) is 1. The Morgan fingerprint density at radius 3 is 2.73 bits per heavy atom. The van der Waals surface area contributed by atoms with Gasteiger partial charge in [0.05, 0.1) is 11.7 Å². The zero-order valence-corrected chi connectivity index (χ0v) is 18.1. The zero-order chi connectivity index (χ0) is 23.8. The van der Waals surface area contributed by atoms with Crippen LogP contribution in [0, 0.1) is 0 Å². The highest BCUT2D eigenvalue weighted by atomic mass is 32.1. The summed E-state index contributed by atoms with van der Waals surface area (Å²) < 4.78 is 37.5. The van der Waals surface area contributed by atoms with Crippen molar-refractivity contribution in [2.45, 2.75) is 50.4 Å². The molecule has 1 fully saturated rings. The van der Waals surface area contributed by atoms with Crippen molar-refractivity contribution in [2.24, 2.45) is 0 Å². The van der Waals surface area contributed by atoms with Gasteiger partial charge in [-0.3, -0.25) is 14.9 Å². The van der Waals surface area contributed by atoms with Crippen LogP contribution in [0.15, 0.2) is 24.3 Å². The third-order valence-electron chi connectivity index (χ3n) is 5.78. The van der Waals surface area contributed by atoms with E-state index < -0.39 is 30.1 Å². The maximum Gasteiger partial charge on any atom is 0.471 e. The first-order valence-electron chi connectivity index (χ1n) is 10.4. The van der Waals surface area contributed by atoms with Crippen molar-refractivity contribution < 1.29 is 32.7 Å². The van der Waals surface area contributed by atoms with Gasteiger partial charge in [0, 0.05) is 29.4 Å². The Hall–Kier alpha value is -3.15. The zero-order valence-electron chi connectivity index (χ0n) is 17.3. The number of nitrogens with zero attached hydrogens (tertiary/aromatic N) is 2. The van der Waals surface area contributed by atoms with Gasteiger partial charge in [-0.2, -0.15) is 13.2 Å². The molecular formula is C21H21F3N4O4S. The standard InChI is InChI=1S/C21H21F3N4O4S/c22-21(23,24)18(30)25-13-6-7-14-16(10-13)33-19(26-14)27-17(29)12-4-1-3-11(9-12)15-5-2-8-28(15)20(31)32/h1,3-4,9,13,15H,2,5-8,10H2,(H,25,30)(H,31,32)(H,26,27,29)/t13-,15+/m0/s1. The molecule has 0 unspecified atom stereocenters. The number of carbonyl (C=O) groups excluding carboxylic acids is 2. The molecule has 2 aliphatic rings. The summed E-state index contributed by atoms with van der Waals surface area (Å²) in [5.74, 6) is -2.37. The van der Waals surface area contributed by atoms with Crippen LogP contribution < -0.4 is 10.6 Å². The quantitative estimate of drug-likeness (QED) is 0.615. The number of hydrogen-bond acceptors (Lipinski definition) is 5. The summed E-state index contributed by atoms with van der Waals surface area (Å²) in [6, 6.07) is 5.83. The molecule has 8 nitrogen and oxygen atoms in total. The number of fused-ring (bicyclic) bond motifs is 1. The molecule has 1 saturated heterocycles. The summed E-state index contributed by atoms with van der Waals surface area (Å²) in [7, 11) is 0. The molecule has 33 heavy (non-hydrogen) atoms. The second kappa shape index (κ2) is 9.00. The Bertz CT molecular complexity index is 1090. The second-order valence-electron chi connectivity index (χ2n) is 8.01. The topological polar surface area (TPSA) is 112 Å². The van der Waals surface area contributed by atoms with E-state index >= 15 is 0 Å². The van der Waals surface area contributed by atoms with E-state index in [4.69, 9.17) is 0 Å². The number of hydrogen-bond donors (Lipinski definition) is 3. The number of aromatic nitrogens is 1. The van der Waals surface area contributed by atoms with Crippen LogP contribution in [0.4, 0.5) is 23.1 Å². The first-order chi connectivity index (χ1) is 15.6. The largest absolute Gasteiger partial charge is 0.471 e. The van der Waals surface area contributed by atoms with E-state index in [-0.39, 0.29) is 12.5 Å². The number of halogens is 3. The van der Waals surface area contributed by atoms with Crippen LogP contribution in [0.2, 0.25) is 0 Å². The van der Waals surface area contributed by atoms with Crippen LogP contribution in [-0.4, -0.2) is 51.7 Å². The fourth-order valence-corrected chi connectivity index (χ4v) is 5.30. The number of amides is 3. The summed E-state index contributed by atoms with van der Waals surface area (Å²) in [4.78, 5) is 41.9. The van der Waals surface area contributed by atoms with E-state index in [1.165, 1.54) is 16.2 Å². The smallest absolute Gasteiger partial charge is 0.465 e. The average Bonchev–Trinajstić information content (AvgIpc) is 3.39. The molecule has 0 bridgehead atoms. The third kappa shape index (κ3) is 5.10.